The molecule has 2 aromatic heterocycles. The second-order valence-electron chi connectivity index (χ2n) is 10.7. The van der Waals surface area contributed by atoms with Gasteiger partial charge in [-0.05, 0) is 63.4 Å². The smallest absolute Gasteiger partial charge is 0.262 e. The second kappa shape index (κ2) is 12.2. The Morgan fingerprint density at radius 1 is 1.19 bits per heavy atom. The fourth-order valence-corrected chi connectivity index (χ4v) is 6.73. The second-order valence-corrected chi connectivity index (χ2v) is 12.1. The van der Waals surface area contributed by atoms with Crippen molar-refractivity contribution in [2.45, 2.75) is 44.8 Å². The largest absolute Gasteiger partial charge is 0.490 e. The van der Waals surface area contributed by atoms with Gasteiger partial charge in [-0.1, -0.05) is 35.9 Å². The molecule has 0 unspecified atom stereocenters. The van der Waals surface area contributed by atoms with E-state index in [4.69, 9.17) is 26.8 Å². The molecule has 10 heteroatoms. The molecule has 6 rings (SSSR count). The summed E-state index contributed by atoms with van der Waals surface area (Å²) in [6.45, 7) is 3.79. The summed E-state index contributed by atoms with van der Waals surface area (Å²) in [4.78, 5) is 15.0. The number of carbonyl (C=O) groups is 1. The van der Waals surface area contributed by atoms with Crippen molar-refractivity contribution in [3.05, 3.63) is 88.2 Å². The van der Waals surface area contributed by atoms with Crippen molar-refractivity contribution in [1.82, 2.24) is 15.1 Å². The van der Waals surface area contributed by atoms with E-state index >= 15 is 0 Å². The number of ether oxygens (including phenoxy) is 2. The van der Waals surface area contributed by atoms with Gasteiger partial charge in [0, 0.05) is 53.3 Å². The van der Waals surface area contributed by atoms with Crippen LogP contribution in [0.2, 0.25) is 5.02 Å². The average Bonchev–Trinajstić information content (AvgIpc) is 3.54. The maximum absolute atomic E-state index is 12.6. The molecule has 2 aliphatic rings. The average molecular weight is 604 g/mol. The van der Waals surface area contributed by atoms with Gasteiger partial charge >= 0.3 is 0 Å². The van der Waals surface area contributed by atoms with Gasteiger partial charge in [-0.2, -0.15) is 5.10 Å². The van der Waals surface area contributed by atoms with Gasteiger partial charge in [0.05, 0.1) is 11.9 Å². The number of benzene rings is 2. The van der Waals surface area contributed by atoms with Gasteiger partial charge in [0.15, 0.2) is 0 Å². The first-order valence-corrected chi connectivity index (χ1v) is 15.4. The summed E-state index contributed by atoms with van der Waals surface area (Å²) in [6, 6.07) is 13.8. The molecular weight excluding hydrogens is 570 g/mol. The number of nitrogens with one attached hydrogen (secondary N) is 1. The number of carbonyl (C=O) groups excluding carboxylic acids is 1. The SMILES string of the molecule is C[C@@H](Oc1cc(N2C=CCCc3cc(-c4cnn(C)c4)c(OC4CCNCC4)cc32)sc1C(N)=O)c1ccccc1Cl. The van der Waals surface area contributed by atoms with Gasteiger partial charge in [0.1, 0.15) is 33.6 Å². The van der Waals surface area contributed by atoms with Crippen LogP contribution in [0.25, 0.3) is 11.1 Å². The van der Waals surface area contributed by atoms with Gasteiger partial charge < -0.3 is 25.4 Å². The lowest BCUT2D eigenvalue weighted by Gasteiger charge is -2.27. The Labute approximate surface area is 254 Å². The molecular formula is C32H34ClN5O3S. The van der Waals surface area contributed by atoms with Crippen molar-refractivity contribution >= 4 is 39.5 Å². The molecule has 1 fully saturated rings. The molecule has 218 valence electrons. The number of aromatic nitrogens is 2. The lowest BCUT2D eigenvalue weighted by Crippen LogP contribution is -2.34. The molecule has 4 aromatic rings. The zero-order valence-electron chi connectivity index (χ0n) is 23.7. The zero-order chi connectivity index (χ0) is 29.2. The first-order chi connectivity index (χ1) is 20.4. The number of halogens is 1. The number of aryl methyl sites for hydroxylation is 2. The van der Waals surface area contributed by atoms with Crippen LogP contribution in [0.4, 0.5) is 10.7 Å². The van der Waals surface area contributed by atoms with Crippen molar-refractivity contribution in [2.75, 3.05) is 18.0 Å². The minimum absolute atomic E-state index is 0.129. The molecule has 8 nitrogen and oxygen atoms in total. The third-order valence-corrected chi connectivity index (χ3v) is 9.14. The molecule has 0 radical (unpaired) electrons. The summed E-state index contributed by atoms with van der Waals surface area (Å²) < 4.78 is 14.8. The van der Waals surface area contributed by atoms with Crippen molar-refractivity contribution < 1.29 is 14.3 Å². The summed E-state index contributed by atoms with van der Waals surface area (Å²) in [5.74, 6) is 0.727. The highest BCUT2D eigenvalue weighted by molar-refractivity contribution is 7.18. The van der Waals surface area contributed by atoms with Crippen molar-refractivity contribution in [3.63, 3.8) is 0 Å². The van der Waals surface area contributed by atoms with E-state index < -0.39 is 5.91 Å². The molecule has 42 heavy (non-hydrogen) atoms. The summed E-state index contributed by atoms with van der Waals surface area (Å²) in [6.07, 6.45) is 11.5. The van der Waals surface area contributed by atoms with E-state index in [1.54, 1.807) is 0 Å². The molecule has 0 spiro atoms. The first-order valence-electron chi connectivity index (χ1n) is 14.2. The monoisotopic (exact) mass is 603 g/mol. The van der Waals surface area contributed by atoms with Crippen LogP contribution in [-0.4, -0.2) is 34.9 Å². The molecule has 3 N–H and O–H groups in total. The molecule has 2 aliphatic heterocycles. The Bertz CT molecular complexity index is 1620. The van der Waals surface area contributed by atoms with Crippen LogP contribution < -0.4 is 25.4 Å². The molecule has 0 aliphatic carbocycles. The third-order valence-electron chi connectivity index (χ3n) is 7.66. The van der Waals surface area contributed by atoms with Crippen LogP contribution in [0, 0.1) is 0 Å². The number of primary amides is 1. The van der Waals surface area contributed by atoms with E-state index in [2.05, 4.69) is 39.7 Å². The minimum Gasteiger partial charge on any atom is -0.490 e. The topological polar surface area (TPSA) is 94.6 Å². The van der Waals surface area contributed by atoms with Crippen LogP contribution >= 0.6 is 22.9 Å². The lowest BCUT2D eigenvalue weighted by molar-refractivity contribution is 0.0998. The Morgan fingerprint density at radius 3 is 2.74 bits per heavy atom. The first kappa shape index (κ1) is 28.3. The number of nitrogens with two attached hydrogens (primary N) is 1. The molecule has 0 saturated carbocycles. The van der Waals surface area contributed by atoms with E-state index in [1.807, 2.05) is 61.4 Å². The Morgan fingerprint density at radius 2 is 2.00 bits per heavy atom. The van der Waals surface area contributed by atoms with E-state index in [0.717, 1.165) is 71.9 Å². The fraction of sp³-hybridized carbons (Fsp3) is 0.312. The highest BCUT2D eigenvalue weighted by Gasteiger charge is 2.26. The summed E-state index contributed by atoms with van der Waals surface area (Å²) >= 11 is 7.74. The van der Waals surface area contributed by atoms with E-state index in [1.165, 1.54) is 16.9 Å². The molecule has 0 bridgehead atoms. The van der Waals surface area contributed by atoms with Gasteiger partial charge in [0.25, 0.3) is 5.91 Å². The number of hydrogen-bond acceptors (Lipinski definition) is 7. The lowest BCUT2D eigenvalue weighted by atomic mass is 9.99. The molecule has 1 atom stereocenters. The number of nitrogens with zero attached hydrogens (tertiary/aromatic N) is 3. The Kier molecular flexibility index (Phi) is 8.24. The zero-order valence-corrected chi connectivity index (χ0v) is 25.3. The quantitative estimate of drug-likeness (QED) is 0.231. The standard InChI is InChI=1S/C32H34ClN5O3S/c1-20(24-8-3-4-9-26(24)33)40-29-17-30(42-31(29)32(34)39)38-14-6-5-7-21-15-25(22-18-36-37(2)19-22)28(16-27(21)38)41-23-10-12-35-13-11-23/h3-4,6,8-9,14-20,23,35H,5,7,10-13H2,1-2H3,(H2,34,39)/t20-/m1/s1. The fourth-order valence-electron chi connectivity index (χ4n) is 5.50. The van der Waals surface area contributed by atoms with Gasteiger partial charge in [-0.25, -0.2) is 0 Å². The van der Waals surface area contributed by atoms with Gasteiger partial charge in [-0.15, -0.1) is 11.3 Å². The number of hydrogen-bond donors (Lipinski definition) is 2. The van der Waals surface area contributed by atoms with E-state index in [9.17, 15) is 4.79 Å². The number of anilines is 2. The van der Waals surface area contributed by atoms with Crippen LogP contribution in [0.3, 0.4) is 0 Å². The minimum atomic E-state index is -0.534. The summed E-state index contributed by atoms with van der Waals surface area (Å²) in [5.41, 5.74) is 10.9. The van der Waals surface area contributed by atoms with Crippen LogP contribution in [0.5, 0.6) is 11.5 Å². The highest BCUT2D eigenvalue weighted by Crippen LogP contribution is 2.46. The van der Waals surface area contributed by atoms with Gasteiger partial charge in [-0.3, -0.25) is 9.48 Å². The van der Waals surface area contributed by atoms with Crippen molar-refractivity contribution in [2.24, 2.45) is 12.8 Å². The summed E-state index contributed by atoms with van der Waals surface area (Å²) in [5, 5.41) is 9.27. The number of amides is 1. The number of thiophene rings is 1. The van der Waals surface area contributed by atoms with Crippen LogP contribution in [0.15, 0.2) is 67.1 Å². The number of rotatable bonds is 8. The number of allylic oxidation sites excluding steroid dienone is 1. The maximum atomic E-state index is 12.6. The van der Waals surface area contributed by atoms with Gasteiger partial charge in [0.2, 0.25) is 0 Å². The predicted molar refractivity (Wildman–Crippen MR) is 168 cm³/mol. The molecule has 4 heterocycles. The molecule has 2 aromatic carbocycles. The highest BCUT2D eigenvalue weighted by atomic mass is 35.5. The third kappa shape index (κ3) is 5.90. The van der Waals surface area contributed by atoms with E-state index in [-0.39, 0.29) is 12.2 Å². The predicted octanol–water partition coefficient (Wildman–Crippen LogP) is 6.77. The number of fused-ring (bicyclic) bond motifs is 1. The normalized spacial score (nSPS) is 16.1. The van der Waals surface area contributed by atoms with Crippen molar-refractivity contribution in [3.8, 4) is 22.6 Å². The maximum Gasteiger partial charge on any atom is 0.262 e. The van der Waals surface area contributed by atoms with Crippen LogP contribution in [0.1, 0.15) is 53.1 Å². The summed E-state index contributed by atoms with van der Waals surface area (Å²) in [7, 11) is 1.92. The van der Waals surface area contributed by atoms with Crippen molar-refractivity contribution in [1.29, 1.82) is 0 Å². The van der Waals surface area contributed by atoms with Crippen LogP contribution in [-0.2, 0) is 13.5 Å². The Balaban J connectivity index is 1.40. The molecule has 1 amide bonds. The number of piperidine rings is 1. The van der Waals surface area contributed by atoms with E-state index in [0.29, 0.717) is 15.6 Å². The molecule has 1 saturated heterocycles. The Hall–Kier alpha value is -3.79.